The lowest BCUT2D eigenvalue weighted by molar-refractivity contribution is -0.0437. The minimum absolute atomic E-state index is 0.239. The van der Waals surface area contributed by atoms with Crippen LogP contribution in [0.1, 0.15) is 54.9 Å². The molecule has 0 aliphatic rings. The van der Waals surface area contributed by atoms with Crippen molar-refractivity contribution < 1.29 is 14.3 Å². The fourth-order valence-electron chi connectivity index (χ4n) is 1.50. The van der Waals surface area contributed by atoms with Gasteiger partial charge < -0.3 is 9.47 Å². The van der Waals surface area contributed by atoms with Gasteiger partial charge >= 0.3 is 6.09 Å². The SMILES string of the molecule is C=C[C@@H](COC(C)(C)CC)N(CC#CC)C(=O)OC(C)(C)C. The van der Waals surface area contributed by atoms with Crippen molar-refractivity contribution in [3.63, 3.8) is 0 Å². The maximum Gasteiger partial charge on any atom is 0.411 e. The van der Waals surface area contributed by atoms with Crippen LogP contribution in [0.2, 0.25) is 0 Å². The molecular weight excluding hydrogens is 278 g/mol. The van der Waals surface area contributed by atoms with Gasteiger partial charge in [-0.2, -0.15) is 0 Å². The molecule has 0 heterocycles. The second-order valence-corrected chi connectivity index (χ2v) is 6.76. The summed E-state index contributed by atoms with van der Waals surface area (Å²) in [6.07, 6.45) is 2.18. The summed E-state index contributed by atoms with van der Waals surface area (Å²) in [4.78, 5) is 13.9. The van der Waals surface area contributed by atoms with Crippen molar-refractivity contribution in [1.82, 2.24) is 4.90 Å². The van der Waals surface area contributed by atoms with Crippen LogP contribution in [0.5, 0.6) is 0 Å². The van der Waals surface area contributed by atoms with E-state index in [-0.39, 0.29) is 18.2 Å². The molecule has 0 aliphatic heterocycles. The van der Waals surface area contributed by atoms with E-state index in [0.29, 0.717) is 6.61 Å². The predicted octanol–water partition coefficient (Wildman–Crippen LogP) is 4.01. The molecule has 4 nitrogen and oxygen atoms in total. The maximum atomic E-state index is 12.4. The molecule has 22 heavy (non-hydrogen) atoms. The highest BCUT2D eigenvalue weighted by molar-refractivity contribution is 5.69. The van der Waals surface area contributed by atoms with Crippen molar-refractivity contribution in [1.29, 1.82) is 0 Å². The average molecular weight is 309 g/mol. The predicted molar refractivity (Wildman–Crippen MR) is 90.7 cm³/mol. The van der Waals surface area contributed by atoms with E-state index in [0.717, 1.165) is 6.42 Å². The fourth-order valence-corrected chi connectivity index (χ4v) is 1.50. The highest BCUT2D eigenvalue weighted by Gasteiger charge is 2.28. The van der Waals surface area contributed by atoms with Crippen LogP contribution in [-0.4, -0.2) is 41.4 Å². The van der Waals surface area contributed by atoms with Crippen LogP contribution in [0, 0.1) is 11.8 Å². The summed E-state index contributed by atoms with van der Waals surface area (Å²) in [6, 6.07) is -0.276. The first-order valence-electron chi connectivity index (χ1n) is 7.72. The van der Waals surface area contributed by atoms with Gasteiger partial charge in [0.1, 0.15) is 5.60 Å². The van der Waals surface area contributed by atoms with Gasteiger partial charge in [-0.05, 0) is 48.0 Å². The van der Waals surface area contributed by atoms with Crippen molar-refractivity contribution in [2.24, 2.45) is 0 Å². The van der Waals surface area contributed by atoms with E-state index in [9.17, 15) is 4.79 Å². The largest absolute Gasteiger partial charge is 0.444 e. The Morgan fingerprint density at radius 2 is 1.91 bits per heavy atom. The summed E-state index contributed by atoms with van der Waals surface area (Å²) in [6.45, 7) is 17.9. The monoisotopic (exact) mass is 309 g/mol. The van der Waals surface area contributed by atoms with E-state index in [1.807, 2.05) is 34.6 Å². The van der Waals surface area contributed by atoms with Crippen molar-refractivity contribution >= 4 is 6.09 Å². The molecule has 0 bridgehead atoms. The second kappa shape index (κ2) is 8.85. The van der Waals surface area contributed by atoms with Gasteiger partial charge in [0.25, 0.3) is 0 Å². The number of hydrogen-bond acceptors (Lipinski definition) is 3. The number of nitrogens with zero attached hydrogens (tertiary/aromatic N) is 1. The van der Waals surface area contributed by atoms with Crippen LogP contribution in [-0.2, 0) is 9.47 Å². The second-order valence-electron chi connectivity index (χ2n) is 6.76. The maximum absolute atomic E-state index is 12.4. The molecule has 0 fully saturated rings. The first-order valence-corrected chi connectivity index (χ1v) is 7.72. The minimum Gasteiger partial charge on any atom is -0.444 e. The minimum atomic E-state index is -0.551. The van der Waals surface area contributed by atoms with Gasteiger partial charge in [0.15, 0.2) is 0 Å². The Kier molecular flexibility index (Phi) is 8.26. The highest BCUT2D eigenvalue weighted by atomic mass is 16.6. The van der Waals surface area contributed by atoms with Gasteiger partial charge in [-0.25, -0.2) is 4.79 Å². The first kappa shape index (κ1) is 20.5. The van der Waals surface area contributed by atoms with Crippen LogP contribution in [0.4, 0.5) is 4.79 Å². The molecule has 0 saturated carbocycles. The molecule has 4 heteroatoms. The van der Waals surface area contributed by atoms with Gasteiger partial charge in [0.2, 0.25) is 0 Å². The van der Waals surface area contributed by atoms with E-state index < -0.39 is 11.7 Å². The highest BCUT2D eigenvalue weighted by Crippen LogP contribution is 2.17. The third-order valence-electron chi connectivity index (χ3n) is 3.22. The quantitative estimate of drug-likeness (QED) is 0.527. The van der Waals surface area contributed by atoms with Crippen molar-refractivity contribution in [2.45, 2.75) is 72.1 Å². The molecule has 0 saturated heterocycles. The molecule has 1 atom stereocenters. The van der Waals surface area contributed by atoms with Crippen LogP contribution < -0.4 is 0 Å². The van der Waals surface area contributed by atoms with Crippen molar-refractivity contribution in [2.75, 3.05) is 13.2 Å². The van der Waals surface area contributed by atoms with Gasteiger partial charge in [0, 0.05) is 0 Å². The summed E-state index contributed by atoms with van der Waals surface area (Å²) >= 11 is 0. The van der Waals surface area contributed by atoms with Crippen LogP contribution in [0.25, 0.3) is 0 Å². The molecule has 0 radical (unpaired) electrons. The van der Waals surface area contributed by atoms with Gasteiger partial charge in [-0.1, -0.05) is 18.9 Å². The lowest BCUT2D eigenvalue weighted by atomic mass is 10.1. The van der Waals surface area contributed by atoms with Crippen LogP contribution >= 0.6 is 0 Å². The molecule has 0 aliphatic carbocycles. The molecule has 1 amide bonds. The third-order valence-corrected chi connectivity index (χ3v) is 3.22. The van der Waals surface area contributed by atoms with Crippen molar-refractivity contribution in [3.05, 3.63) is 12.7 Å². The van der Waals surface area contributed by atoms with E-state index in [2.05, 4.69) is 25.3 Å². The lowest BCUT2D eigenvalue weighted by Crippen LogP contribution is -2.46. The first-order chi connectivity index (χ1) is 10.1. The summed E-state index contributed by atoms with van der Waals surface area (Å²) in [5.41, 5.74) is -0.790. The summed E-state index contributed by atoms with van der Waals surface area (Å²) in [5, 5.41) is 0. The standard InChI is InChI=1S/C18H31NO3/c1-9-12-13-19(16(20)22-17(4,5)6)15(10-2)14-21-18(7,8)11-3/h10,15H,2,11,13-14H2,1,3-8H3/t15-/m0/s1. The smallest absolute Gasteiger partial charge is 0.411 e. The zero-order valence-electron chi connectivity index (χ0n) is 15.2. The third kappa shape index (κ3) is 8.09. The Morgan fingerprint density at radius 1 is 1.32 bits per heavy atom. The fraction of sp³-hybridized carbons (Fsp3) is 0.722. The number of amides is 1. The Morgan fingerprint density at radius 3 is 2.32 bits per heavy atom. The Bertz CT molecular complexity index is 424. The summed E-state index contributed by atoms with van der Waals surface area (Å²) in [5.74, 6) is 5.72. The Labute approximate surface area is 135 Å². The van der Waals surface area contributed by atoms with Crippen LogP contribution in [0.3, 0.4) is 0 Å². The molecule has 0 aromatic heterocycles. The molecule has 0 spiro atoms. The molecule has 126 valence electrons. The molecule has 0 unspecified atom stereocenters. The molecule has 0 rings (SSSR count). The number of carbonyl (C=O) groups is 1. The van der Waals surface area contributed by atoms with Gasteiger partial charge in [-0.15, -0.1) is 12.5 Å². The molecule has 0 aromatic carbocycles. The average Bonchev–Trinajstić information content (AvgIpc) is 2.40. The van der Waals surface area contributed by atoms with E-state index in [4.69, 9.17) is 9.47 Å². The summed E-state index contributed by atoms with van der Waals surface area (Å²) in [7, 11) is 0. The summed E-state index contributed by atoms with van der Waals surface area (Å²) < 4.78 is 11.4. The van der Waals surface area contributed by atoms with Crippen LogP contribution in [0.15, 0.2) is 12.7 Å². The number of rotatable bonds is 7. The Hall–Kier alpha value is -1.47. The molecule has 0 N–H and O–H groups in total. The van der Waals surface area contributed by atoms with E-state index in [1.54, 1.807) is 17.9 Å². The lowest BCUT2D eigenvalue weighted by Gasteiger charge is -2.33. The number of carbonyl (C=O) groups excluding carboxylic acids is 1. The van der Waals surface area contributed by atoms with Gasteiger partial charge in [-0.3, -0.25) is 4.90 Å². The zero-order valence-corrected chi connectivity index (χ0v) is 15.2. The van der Waals surface area contributed by atoms with Crippen molar-refractivity contribution in [3.8, 4) is 11.8 Å². The van der Waals surface area contributed by atoms with E-state index in [1.165, 1.54) is 0 Å². The molecular formula is C18H31NO3. The molecule has 0 aromatic rings. The normalized spacial score (nSPS) is 12.9. The Balaban J connectivity index is 5.05. The number of hydrogen-bond donors (Lipinski definition) is 0. The van der Waals surface area contributed by atoms with Gasteiger partial charge in [0.05, 0.1) is 24.8 Å². The topological polar surface area (TPSA) is 38.8 Å². The zero-order chi connectivity index (χ0) is 17.4. The van der Waals surface area contributed by atoms with E-state index >= 15 is 0 Å². The number of ether oxygens (including phenoxy) is 2.